The minimum absolute atomic E-state index is 0.211. The summed E-state index contributed by atoms with van der Waals surface area (Å²) in [7, 11) is 1.45. The van der Waals surface area contributed by atoms with Gasteiger partial charge in [-0.3, -0.25) is 9.59 Å². The summed E-state index contributed by atoms with van der Waals surface area (Å²) in [5.74, 6) is 0.399. The molecular weight excluding hydrogens is 318 g/mol. The Morgan fingerprint density at radius 1 is 1.57 bits per heavy atom. The Balaban J connectivity index is 3.42. The molecule has 0 saturated heterocycles. The first-order valence-corrected chi connectivity index (χ1v) is 5.08. The van der Waals surface area contributed by atoms with E-state index in [1.807, 2.05) is 22.6 Å². The first kappa shape index (κ1) is 11.5. The van der Waals surface area contributed by atoms with Gasteiger partial charge in [0.05, 0.1) is 16.2 Å². The maximum Gasteiger partial charge on any atom is 0.256 e. The predicted molar refractivity (Wildman–Crippen MR) is 61.3 cm³/mol. The highest BCUT2D eigenvalue weighted by atomic mass is 127. The van der Waals surface area contributed by atoms with Gasteiger partial charge in [0, 0.05) is 5.56 Å². The van der Waals surface area contributed by atoms with Gasteiger partial charge in [0.25, 0.3) is 5.24 Å². The van der Waals surface area contributed by atoms with Crippen LogP contribution in [-0.2, 0) is 0 Å². The summed E-state index contributed by atoms with van der Waals surface area (Å²) < 4.78 is 5.69. The number of hydrogen-bond donors (Lipinski definition) is 0. The topological polar surface area (TPSA) is 43.4 Å². The van der Waals surface area contributed by atoms with Crippen molar-refractivity contribution in [3.8, 4) is 5.75 Å². The van der Waals surface area contributed by atoms with Crippen molar-refractivity contribution in [2.24, 2.45) is 0 Å². The summed E-state index contributed by atoms with van der Waals surface area (Å²) in [4.78, 5) is 21.5. The molecule has 1 aromatic rings. The van der Waals surface area contributed by atoms with Crippen molar-refractivity contribution >= 4 is 45.7 Å². The number of hydrogen-bond acceptors (Lipinski definition) is 3. The summed E-state index contributed by atoms with van der Waals surface area (Å²) >= 11 is 7.32. The first-order valence-electron chi connectivity index (χ1n) is 3.62. The van der Waals surface area contributed by atoms with Crippen LogP contribution in [0.2, 0.25) is 0 Å². The van der Waals surface area contributed by atoms with Crippen LogP contribution in [0.1, 0.15) is 20.7 Å². The van der Waals surface area contributed by atoms with Gasteiger partial charge in [-0.05, 0) is 46.3 Å². The third-order valence-electron chi connectivity index (χ3n) is 1.62. The molecule has 0 aromatic heterocycles. The fraction of sp³-hybridized carbons (Fsp3) is 0.111. The van der Waals surface area contributed by atoms with E-state index in [0.29, 0.717) is 21.2 Å². The van der Waals surface area contributed by atoms with Crippen molar-refractivity contribution < 1.29 is 14.3 Å². The molecule has 74 valence electrons. The van der Waals surface area contributed by atoms with E-state index in [-0.39, 0.29) is 5.56 Å². The van der Waals surface area contributed by atoms with Crippen LogP contribution in [0.4, 0.5) is 0 Å². The Bertz CT molecular complexity index is 390. The molecule has 0 spiro atoms. The molecule has 0 unspecified atom stereocenters. The fourth-order valence-electron chi connectivity index (χ4n) is 1.04. The van der Waals surface area contributed by atoms with Crippen molar-refractivity contribution in [3.63, 3.8) is 0 Å². The van der Waals surface area contributed by atoms with E-state index in [2.05, 4.69) is 0 Å². The van der Waals surface area contributed by atoms with Gasteiger partial charge in [0.15, 0.2) is 0 Å². The van der Waals surface area contributed by atoms with Crippen molar-refractivity contribution in [1.82, 2.24) is 0 Å². The van der Waals surface area contributed by atoms with Gasteiger partial charge in [-0.1, -0.05) is 0 Å². The average Bonchev–Trinajstić information content (AvgIpc) is 2.16. The lowest BCUT2D eigenvalue weighted by Gasteiger charge is -2.07. The third kappa shape index (κ3) is 2.24. The maximum absolute atomic E-state index is 11.0. The molecule has 1 rings (SSSR count). The van der Waals surface area contributed by atoms with Crippen molar-refractivity contribution in [2.75, 3.05) is 7.11 Å². The molecule has 1 aromatic carbocycles. The Hall–Kier alpha value is -0.620. The van der Waals surface area contributed by atoms with Gasteiger partial charge < -0.3 is 4.74 Å². The number of ether oxygens (including phenoxy) is 1. The molecule has 3 nitrogen and oxygen atoms in total. The highest BCUT2D eigenvalue weighted by molar-refractivity contribution is 14.1. The average molecular weight is 325 g/mol. The molecular formula is C9H6ClIO3. The Morgan fingerprint density at radius 3 is 2.64 bits per heavy atom. The predicted octanol–water partition coefficient (Wildman–Crippen LogP) is 2.49. The molecule has 5 heteroatoms. The molecule has 0 heterocycles. The standard InChI is InChI=1S/C9H6ClIO3/c1-14-8-6(9(10)13)2-5(4-12)3-7(8)11/h2-4H,1H3. The molecule has 0 amide bonds. The summed E-state index contributed by atoms with van der Waals surface area (Å²) in [5, 5.41) is -0.636. The smallest absolute Gasteiger partial charge is 0.256 e. The molecule has 0 radical (unpaired) electrons. The summed E-state index contributed by atoms with van der Waals surface area (Å²) in [6.45, 7) is 0. The van der Waals surface area contributed by atoms with Crippen LogP contribution in [0, 0.1) is 3.57 Å². The number of carbonyl (C=O) groups is 2. The summed E-state index contributed by atoms with van der Waals surface area (Å²) in [6, 6.07) is 3.03. The lowest BCUT2D eigenvalue weighted by molar-refractivity contribution is 0.107. The number of rotatable bonds is 3. The monoisotopic (exact) mass is 324 g/mol. The van der Waals surface area contributed by atoms with E-state index < -0.39 is 5.24 Å². The van der Waals surface area contributed by atoms with E-state index in [1.165, 1.54) is 13.2 Å². The summed E-state index contributed by atoms with van der Waals surface area (Å²) in [5.41, 5.74) is 0.613. The molecule has 0 aliphatic heterocycles. The zero-order valence-corrected chi connectivity index (χ0v) is 10.1. The number of aldehydes is 1. The Labute approximate surface area is 99.5 Å². The van der Waals surface area contributed by atoms with E-state index in [1.54, 1.807) is 6.07 Å². The molecule has 0 aliphatic rings. The van der Waals surface area contributed by atoms with Gasteiger partial charge in [-0.25, -0.2) is 0 Å². The Kier molecular flexibility index (Phi) is 3.88. The largest absolute Gasteiger partial charge is 0.495 e. The SMILES string of the molecule is COc1c(I)cc(C=O)cc1C(=O)Cl. The Morgan fingerprint density at radius 2 is 2.21 bits per heavy atom. The minimum atomic E-state index is -0.636. The zero-order valence-electron chi connectivity index (χ0n) is 7.21. The normalized spacial score (nSPS) is 9.64. The molecule has 0 aliphatic carbocycles. The van der Waals surface area contributed by atoms with Crippen molar-refractivity contribution in [2.45, 2.75) is 0 Å². The quantitative estimate of drug-likeness (QED) is 0.487. The third-order valence-corrected chi connectivity index (χ3v) is 2.62. The molecule has 0 saturated carbocycles. The first-order chi connectivity index (χ1) is 6.60. The van der Waals surface area contributed by atoms with Gasteiger partial charge in [-0.15, -0.1) is 0 Å². The maximum atomic E-state index is 11.0. The van der Waals surface area contributed by atoms with E-state index in [0.717, 1.165) is 0 Å². The fourth-order valence-corrected chi connectivity index (χ4v) is 2.05. The zero-order chi connectivity index (χ0) is 10.7. The lowest BCUT2D eigenvalue weighted by Crippen LogP contribution is -1.99. The molecule has 14 heavy (non-hydrogen) atoms. The van der Waals surface area contributed by atoms with Crippen LogP contribution < -0.4 is 4.74 Å². The second-order valence-corrected chi connectivity index (χ2v) is 3.98. The van der Waals surface area contributed by atoms with Crippen LogP contribution in [0.5, 0.6) is 5.75 Å². The van der Waals surface area contributed by atoms with Crippen LogP contribution in [0.15, 0.2) is 12.1 Å². The number of carbonyl (C=O) groups excluding carboxylic acids is 2. The van der Waals surface area contributed by atoms with Gasteiger partial charge in [-0.2, -0.15) is 0 Å². The van der Waals surface area contributed by atoms with Crippen LogP contribution >= 0.6 is 34.2 Å². The van der Waals surface area contributed by atoms with E-state index >= 15 is 0 Å². The summed E-state index contributed by atoms with van der Waals surface area (Å²) in [6.07, 6.45) is 0.658. The van der Waals surface area contributed by atoms with Gasteiger partial charge >= 0.3 is 0 Å². The van der Waals surface area contributed by atoms with E-state index in [4.69, 9.17) is 16.3 Å². The molecule has 0 bridgehead atoms. The second kappa shape index (κ2) is 4.75. The molecule has 0 atom stereocenters. The van der Waals surface area contributed by atoms with Crippen LogP contribution in [-0.4, -0.2) is 18.6 Å². The molecule has 0 fully saturated rings. The van der Waals surface area contributed by atoms with Gasteiger partial charge in [0.2, 0.25) is 0 Å². The van der Waals surface area contributed by atoms with Gasteiger partial charge in [0.1, 0.15) is 12.0 Å². The van der Waals surface area contributed by atoms with Crippen LogP contribution in [0.25, 0.3) is 0 Å². The minimum Gasteiger partial charge on any atom is -0.495 e. The van der Waals surface area contributed by atoms with Crippen molar-refractivity contribution in [1.29, 1.82) is 0 Å². The number of halogens is 2. The second-order valence-electron chi connectivity index (χ2n) is 2.48. The number of benzene rings is 1. The van der Waals surface area contributed by atoms with Crippen molar-refractivity contribution in [3.05, 3.63) is 26.8 Å². The van der Waals surface area contributed by atoms with E-state index in [9.17, 15) is 9.59 Å². The number of methoxy groups -OCH3 is 1. The highest BCUT2D eigenvalue weighted by Crippen LogP contribution is 2.27. The highest BCUT2D eigenvalue weighted by Gasteiger charge is 2.14. The lowest BCUT2D eigenvalue weighted by atomic mass is 10.1. The van der Waals surface area contributed by atoms with Crippen LogP contribution in [0.3, 0.4) is 0 Å². The molecule has 0 N–H and O–H groups in total.